The molecule has 2 heterocycles. The lowest BCUT2D eigenvalue weighted by Crippen LogP contribution is -2.30. The molecule has 138 valence electrons. The van der Waals surface area contributed by atoms with Crippen molar-refractivity contribution in [2.75, 3.05) is 6.54 Å². The first-order valence-electron chi connectivity index (χ1n) is 8.64. The molecule has 0 spiro atoms. The monoisotopic (exact) mass is 368 g/mol. The average Bonchev–Trinajstić information content (AvgIpc) is 3.08. The van der Waals surface area contributed by atoms with Crippen molar-refractivity contribution in [1.29, 1.82) is 0 Å². The lowest BCUT2D eigenvalue weighted by molar-refractivity contribution is 0.100. The first kappa shape index (κ1) is 17.4. The summed E-state index contributed by atoms with van der Waals surface area (Å²) in [5.41, 5.74) is 8.52. The van der Waals surface area contributed by atoms with Crippen LogP contribution in [0.25, 0.3) is 11.4 Å². The zero-order valence-electron chi connectivity index (χ0n) is 14.5. The van der Waals surface area contributed by atoms with Crippen LogP contribution in [0.3, 0.4) is 0 Å². The summed E-state index contributed by atoms with van der Waals surface area (Å²) < 4.78 is 27.8. The Morgan fingerprint density at radius 1 is 1.15 bits per heavy atom. The van der Waals surface area contributed by atoms with E-state index in [4.69, 9.17) is 5.73 Å². The molecule has 5 nitrogen and oxygen atoms in total. The van der Waals surface area contributed by atoms with Crippen molar-refractivity contribution < 1.29 is 13.6 Å². The number of H-pyrrole nitrogens is 1. The summed E-state index contributed by atoms with van der Waals surface area (Å²) in [5, 5.41) is 0. The van der Waals surface area contributed by atoms with Crippen molar-refractivity contribution in [3.8, 4) is 11.4 Å². The molecule has 2 aromatic carbocycles. The first-order chi connectivity index (χ1) is 13.0. The molecule has 1 aromatic heterocycles. The second kappa shape index (κ2) is 6.92. The van der Waals surface area contributed by atoms with Crippen LogP contribution in [0.4, 0.5) is 8.78 Å². The smallest absolute Gasteiger partial charge is 0.248 e. The van der Waals surface area contributed by atoms with Gasteiger partial charge in [0.2, 0.25) is 5.91 Å². The Labute approximate surface area is 154 Å². The maximum atomic E-state index is 13.9. The number of nitrogens with one attached hydrogen (secondary N) is 1. The Balaban J connectivity index is 1.53. The number of hydrogen-bond donors (Lipinski definition) is 2. The van der Waals surface area contributed by atoms with Crippen molar-refractivity contribution in [1.82, 2.24) is 14.9 Å². The zero-order chi connectivity index (χ0) is 19.0. The van der Waals surface area contributed by atoms with Crippen LogP contribution in [0.5, 0.6) is 0 Å². The highest BCUT2D eigenvalue weighted by molar-refractivity contribution is 5.93. The first-order valence-corrected chi connectivity index (χ1v) is 8.64. The Kier molecular flexibility index (Phi) is 4.45. The predicted molar refractivity (Wildman–Crippen MR) is 96.7 cm³/mol. The van der Waals surface area contributed by atoms with Gasteiger partial charge in [-0.2, -0.15) is 0 Å². The van der Waals surface area contributed by atoms with E-state index in [2.05, 4.69) is 9.97 Å². The fourth-order valence-corrected chi connectivity index (χ4v) is 3.32. The third kappa shape index (κ3) is 3.46. The topological polar surface area (TPSA) is 75.0 Å². The van der Waals surface area contributed by atoms with Gasteiger partial charge in [-0.15, -0.1) is 0 Å². The number of fused-ring (bicyclic) bond motifs is 1. The Bertz CT molecular complexity index is 977. The number of hydrogen-bond acceptors (Lipinski definition) is 3. The number of aromatic nitrogens is 2. The number of nitrogens with two attached hydrogens (primary N) is 1. The number of aromatic amines is 1. The largest absolute Gasteiger partial charge is 0.366 e. The Hall–Kier alpha value is -3.06. The van der Waals surface area contributed by atoms with Gasteiger partial charge in [0.25, 0.3) is 0 Å². The molecule has 0 radical (unpaired) electrons. The second-order valence-corrected chi connectivity index (χ2v) is 6.61. The molecule has 0 aliphatic carbocycles. The summed E-state index contributed by atoms with van der Waals surface area (Å²) in [5.74, 6) is -0.826. The number of amides is 1. The van der Waals surface area contributed by atoms with Gasteiger partial charge in [-0.25, -0.2) is 13.8 Å². The van der Waals surface area contributed by atoms with Gasteiger partial charge >= 0.3 is 0 Å². The number of nitrogens with zero attached hydrogens (tertiary/aromatic N) is 2. The van der Waals surface area contributed by atoms with E-state index in [0.29, 0.717) is 30.9 Å². The van der Waals surface area contributed by atoms with Crippen LogP contribution in [0.2, 0.25) is 0 Å². The molecular weight excluding hydrogens is 350 g/mol. The van der Waals surface area contributed by atoms with Gasteiger partial charge in [-0.05, 0) is 24.3 Å². The Morgan fingerprint density at radius 3 is 2.52 bits per heavy atom. The van der Waals surface area contributed by atoms with Gasteiger partial charge in [-0.1, -0.05) is 18.2 Å². The highest BCUT2D eigenvalue weighted by atomic mass is 19.1. The molecule has 0 saturated carbocycles. The van der Waals surface area contributed by atoms with Gasteiger partial charge in [0.1, 0.15) is 17.5 Å². The molecule has 3 N–H and O–H groups in total. The van der Waals surface area contributed by atoms with E-state index < -0.39 is 17.5 Å². The van der Waals surface area contributed by atoms with E-state index >= 15 is 0 Å². The number of imidazole rings is 1. The van der Waals surface area contributed by atoms with Crippen LogP contribution in [0.15, 0.2) is 42.5 Å². The fraction of sp³-hybridized carbons (Fsp3) is 0.200. The van der Waals surface area contributed by atoms with E-state index in [9.17, 15) is 13.6 Å². The quantitative estimate of drug-likeness (QED) is 0.743. The van der Waals surface area contributed by atoms with E-state index in [1.807, 2.05) is 4.90 Å². The molecule has 27 heavy (non-hydrogen) atoms. The number of rotatable bonds is 4. The third-order valence-corrected chi connectivity index (χ3v) is 4.80. The van der Waals surface area contributed by atoms with Crippen LogP contribution in [-0.4, -0.2) is 27.3 Å². The number of halogens is 2. The predicted octanol–water partition coefficient (Wildman–Crippen LogP) is 3.01. The van der Waals surface area contributed by atoms with Crippen molar-refractivity contribution in [2.24, 2.45) is 5.73 Å². The number of carbonyl (C=O) groups excluding carboxylic acids is 1. The fourth-order valence-electron chi connectivity index (χ4n) is 3.32. The standard InChI is InChI=1S/C20H18F2N4O/c21-15-2-1-3-16(22)14(15)10-26-9-8-17-18(11-26)25-20(24-17)13-6-4-12(5-7-13)19(23)27/h1-7H,8-11H2,(H2,23,27)(H,24,25). The number of primary amides is 1. The SMILES string of the molecule is NC(=O)c1ccc(-c2nc3c([nH]2)CN(Cc2c(F)cccc2F)CC3)cc1. The van der Waals surface area contributed by atoms with Crippen molar-refractivity contribution in [2.45, 2.75) is 19.5 Å². The molecule has 1 amide bonds. The molecule has 4 rings (SSSR count). The molecule has 3 aromatic rings. The molecule has 0 saturated heterocycles. The number of carbonyl (C=O) groups is 1. The minimum atomic E-state index is -0.527. The summed E-state index contributed by atoms with van der Waals surface area (Å²) in [6.07, 6.45) is 0.696. The molecule has 1 aliphatic rings. The third-order valence-electron chi connectivity index (χ3n) is 4.80. The molecule has 0 fully saturated rings. The van der Waals surface area contributed by atoms with Gasteiger partial charge in [-0.3, -0.25) is 9.69 Å². The summed E-state index contributed by atoms with van der Waals surface area (Å²) in [6.45, 7) is 1.42. The van der Waals surface area contributed by atoms with Crippen molar-refractivity contribution >= 4 is 5.91 Å². The molecule has 0 unspecified atom stereocenters. The summed E-state index contributed by atoms with van der Waals surface area (Å²) in [7, 11) is 0. The normalized spacial score (nSPS) is 14.1. The van der Waals surface area contributed by atoms with Crippen LogP contribution in [-0.2, 0) is 19.5 Å². The second-order valence-electron chi connectivity index (χ2n) is 6.61. The van der Waals surface area contributed by atoms with Crippen LogP contribution in [0.1, 0.15) is 27.3 Å². The minimum Gasteiger partial charge on any atom is -0.366 e. The maximum absolute atomic E-state index is 13.9. The molecule has 0 bridgehead atoms. The van der Waals surface area contributed by atoms with Crippen LogP contribution < -0.4 is 5.73 Å². The minimum absolute atomic E-state index is 0.0859. The molecular formula is C20H18F2N4O. The van der Waals surface area contributed by atoms with Crippen molar-refractivity contribution in [3.05, 3.63) is 76.6 Å². The van der Waals surface area contributed by atoms with Crippen molar-refractivity contribution in [3.63, 3.8) is 0 Å². The van der Waals surface area contributed by atoms with E-state index in [-0.39, 0.29) is 12.1 Å². The van der Waals surface area contributed by atoms with Gasteiger partial charge in [0, 0.05) is 42.7 Å². The summed E-state index contributed by atoms with van der Waals surface area (Å²) in [6, 6.07) is 10.8. The van der Waals surface area contributed by atoms with Crippen LogP contribution in [0, 0.1) is 11.6 Å². The van der Waals surface area contributed by atoms with Gasteiger partial charge in [0.05, 0.1) is 11.4 Å². The van der Waals surface area contributed by atoms with Gasteiger partial charge < -0.3 is 10.7 Å². The van der Waals surface area contributed by atoms with E-state index in [1.165, 1.54) is 18.2 Å². The summed E-state index contributed by atoms with van der Waals surface area (Å²) >= 11 is 0. The van der Waals surface area contributed by atoms with Gasteiger partial charge in [0.15, 0.2) is 0 Å². The molecule has 7 heteroatoms. The van der Waals surface area contributed by atoms with E-state index in [1.54, 1.807) is 24.3 Å². The Morgan fingerprint density at radius 2 is 1.85 bits per heavy atom. The lowest BCUT2D eigenvalue weighted by atomic mass is 10.1. The van der Waals surface area contributed by atoms with Crippen LogP contribution >= 0.6 is 0 Å². The highest BCUT2D eigenvalue weighted by Crippen LogP contribution is 2.25. The average molecular weight is 368 g/mol. The van der Waals surface area contributed by atoms with E-state index in [0.717, 1.165) is 17.0 Å². The lowest BCUT2D eigenvalue weighted by Gasteiger charge is -2.26. The molecule has 1 aliphatic heterocycles. The number of benzene rings is 2. The maximum Gasteiger partial charge on any atom is 0.248 e. The highest BCUT2D eigenvalue weighted by Gasteiger charge is 2.22. The molecule has 0 atom stereocenters. The summed E-state index contributed by atoms with van der Waals surface area (Å²) in [4.78, 5) is 21.1. The zero-order valence-corrected chi connectivity index (χ0v) is 14.5.